The first-order valence-electron chi connectivity index (χ1n) is 6.97. The van der Waals surface area contributed by atoms with Gasteiger partial charge in [-0.15, -0.1) is 21.5 Å². The van der Waals surface area contributed by atoms with Gasteiger partial charge in [0.15, 0.2) is 5.82 Å². The molecule has 1 aromatic carbocycles. The molecule has 0 bridgehead atoms. The number of aromatic nitrogens is 5. The molecular formula is C16H13N5S. The van der Waals surface area contributed by atoms with Crippen LogP contribution in [0.4, 0.5) is 0 Å². The lowest BCUT2D eigenvalue weighted by molar-refractivity contribution is 0.969. The van der Waals surface area contributed by atoms with Crippen LogP contribution < -0.4 is 0 Å². The standard InChI is InChI=1S/C16H13N5S/c1-8-11-6-4-5-7-12(11)22-13(8)14-19-15-16(21-20-14)18-10(3)9(2)17-15/h4-7H,1-3H3. The number of fused-ring (bicyclic) bond motifs is 2. The number of benzene rings is 1. The lowest BCUT2D eigenvalue weighted by Crippen LogP contribution is -2.01. The van der Waals surface area contributed by atoms with E-state index in [0.717, 1.165) is 16.3 Å². The number of rotatable bonds is 1. The van der Waals surface area contributed by atoms with Crippen molar-refractivity contribution in [3.63, 3.8) is 0 Å². The Morgan fingerprint density at radius 1 is 0.818 bits per heavy atom. The minimum absolute atomic E-state index is 0.491. The van der Waals surface area contributed by atoms with Crippen molar-refractivity contribution >= 4 is 32.7 Å². The van der Waals surface area contributed by atoms with E-state index in [2.05, 4.69) is 44.2 Å². The molecule has 0 atom stereocenters. The van der Waals surface area contributed by atoms with Gasteiger partial charge in [0.1, 0.15) is 0 Å². The van der Waals surface area contributed by atoms with Crippen molar-refractivity contribution in [3.05, 3.63) is 41.2 Å². The summed E-state index contributed by atoms with van der Waals surface area (Å²) in [6, 6.07) is 8.31. The van der Waals surface area contributed by atoms with E-state index < -0.39 is 0 Å². The van der Waals surface area contributed by atoms with E-state index in [-0.39, 0.29) is 0 Å². The van der Waals surface area contributed by atoms with Crippen molar-refractivity contribution in [2.45, 2.75) is 20.8 Å². The third kappa shape index (κ3) is 1.95. The van der Waals surface area contributed by atoms with Gasteiger partial charge in [0.25, 0.3) is 0 Å². The number of aryl methyl sites for hydroxylation is 3. The molecule has 3 aromatic heterocycles. The largest absolute Gasteiger partial charge is 0.229 e. The molecule has 0 N–H and O–H groups in total. The highest BCUT2D eigenvalue weighted by molar-refractivity contribution is 7.22. The topological polar surface area (TPSA) is 64.5 Å². The second-order valence-corrected chi connectivity index (χ2v) is 6.28. The summed E-state index contributed by atoms with van der Waals surface area (Å²) < 4.78 is 1.23. The Labute approximate surface area is 131 Å². The van der Waals surface area contributed by atoms with Gasteiger partial charge in [0.2, 0.25) is 11.3 Å². The van der Waals surface area contributed by atoms with Crippen molar-refractivity contribution in [3.8, 4) is 10.7 Å². The molecule has 108 valence electrons. The Morgan fingerprint density at radius 2 is 1.55 bits per heavy atom. The van der Waals surface area contributed by atoms with Crippen LogP contribution in [-0.2, 0) is 0 Å². The van der Waals surface area contributed by atoms with E-state index in [1.807, 2.05) is 26.0 Å². The Bertz CT molecular complexity index is 1020. The lowest BCUT2D eigenvalue weighted by atomic mass is 10.1. The van der Waals surface area contributed by atoms with E-state index in [1.54, 1.807) is 11.3 Å². The quantitative estimate of drug-likeness (QED) is 0.537. The van der Waals surface area contributed by atoms with Gasteiger partial charge >= 0.3 is 0 Å². The third-order valence-electron chi connectivity index (χ3n) is 3.77. The number of nitrogens with zero attached hydrogens (tertiary/aromatic N) is 5. The van der Waals surface area contributed by atoms with Gasteiger partial charge in [0.05, 0.1) is 16.3 Å². The number of thiophene rings is 1. The van der Waals surface area contributed by atoms with Gasteiger partial charge in [-0.2, -0.15) is 0 Å². The van der Waals surface area contributed by atoms with E-state index in [1.165, 1.54) is 15.6 Å². The summed E-state index contributed by atoms with van der Waals surface area (Å²) in [7, 11) is 0. The molecule has 5 nitrogen and oxygen atoms in total. The zero-order valence-corrected chi connectivity index (χ0v) is 13.3. The highest BCUT2D eigenvalue weighted by Crippen LogP contribution is 2.36. The summed E-state index contributed by atoms with van der Waals surface area (Å²) in [5.74, 6) is 0.615. The molecule has 0 aliphatic carbocycles. The molecule has 0 spiro atoms. The fourth-order valence-corrected chi connectivity index (χ4v) is 3.56. The Kier molecular flexibility index (Phi) is 2.87. The van der Waals surface area contributed by atoms with Crippen LogP contribution in [0.1, 0.15) is 17.0 Å². The van der Waals surface area contributed by atoms with Crippen LogP contribution in [0.5, 0.6) is 0 Å². The Morgan fingerprint density at radius 3 is 2.32 bits per heavy atom. The van der Waals surface area contributed by atoms with Gasteiger partial charge in [-0.3, -0.25) is 0 Å². The van der Waals surface area contributed by atoms with Gasteiger partial charge < -0.3 is 0 Å². The SMILES string of the molecule is Cc1nc2nnc(-c3sc4ccccc4c3C)nc2nc1C. The van der Waals surface area contributed by atoms with Gasteiger partial charge in [-0.05, 0) is 37.8 Å². The highest BCUT2D eigenvalue weighted by Gasteiger charge is 2.14. The van der Waals surface area contributed by atoms with E-state index in [9.17, 15) is 0 Å². The molecule has 0 saturated carbocycles. The normalized spacial score (nSPS) is 11.4. The fourth-order valence-electron chi connectivity index (χ4n) is 2.42. The summed E-state index contributed by atoms with van der Waals surface area (Å²) in [5, 5.41) is 9.68. The van der Waals surface area contributed by atoms with Gasteiger partial charge in [-0.1, -0.05) is 18.2 Å². The maximum absolute atomic E-state index is 4.57. The highest BCUT2D eigenvalue weighted by atomic mass is 32.1. The molecule has 0 unspecified atom stereocenters. The second-order valence-electron chi connectivity index (χ2n) is 5.23. The summed E-state index contributed by atoms with van der Waals surface area (Å²) in [6.45, 7) is 5.93. The van der Waals surface area contributed by atoms with Crippen LogP contribution in [0, 0.1) is 20.8 Å². The molecule has 0 saturated heterocycles. The van der Waals surface area contributed by atoms with Crippen molar-refractivity contribution in [2.24, 2.45) is 0 Å². The molecule has 0 radical (unpaired) electrons. The summed E-state index contributed by atoms with van der Waals surface area (Å²) >= 11 is 1.68. The molecule has 0 aliphatic rings. The molecule has 4 rings (SSSR count). The van der Waals surface area contributed by atoms with Crippen LogP contribution >= 0.6 is 11.3 Å². The maximum Gasteiger partial charge on any atom is 0.220 e. The van der Waals surface area contributed by atoms with Gasteiger partial charge in [0, 0.05) is 4.70 Å². The van der Waals surface area contributed by atoms with Crippen molar-refractivity contribution < 1.29 is 0 Å². The lowest BCUT2D eigenvalue weighted by Gasteiger charge is -2.02. The van der Waals surface area contributed by atoms with E-state index in [0.29, 0.717) is 17.1 Å². The fraction of sp³-hybridized carbons (Fsp3) is 0.188. The Balaban J connectivity index is 1.96. The first-order valence-corrected chi connectivity index (χ1v) is 7.79. The Hall–Kier alpha value is -2.47. The summed E-state index contributed by atoms with van der Waals surface area (Å²) in [4.78, 5) is 14.5. The third-order valence-corrected chi connectivity index (χ3v) is 5.04. The molecular weight excluding hydrogens is 294 g/mol. The van der Waals surface area contributed by atoms with E-state index in [4.69, 9.17) is 0 Å². The maximum atomic E-state index is 4.57. The first kappa shape index (κ1) is 13.2. The average Bonchev–Trinajstić information content (AvgIpc) is 2.86. The van der Waals surface area contributed by atoms with Crippen LogP contribution in [0.15, 0.2) is 24.3 Å². The molecule has 0 amide bonds. The number of hydrogen-bond donors (Lipinski definition) is 0. The molecule has 0 aliphatic heterocycles. The zero-order chi connectivity index (χ0) is 15.3. The first-order chi connectivity index (χ1) is 10.6. The second kappa shape index (κ2) is 4.78. The van der Waals surface area contributed by atoms with Gasteiger partial charge in [-0.25, -0.2) is 15.0 Å². The van der Waals surface area contributed by atoms with Crippen molar-refractivity contribution in [1.29, 1.82) is 0 Å². The predicted octanol–water partition coefficient (Wildman–Crippen LogP) is 3.62. The van der Waals surface area contributed by atoms with Crippen LogP contribution in [0.3, 0.4) is 0 Å². The zero-order valence-electron chi connectivity index (χ0n) is 12.5. The summed E-state index contributed by atoms with van der Waals surface area (Å²) in [5.41, 5.74) is 3.94. The molecule has 6 heteroatoms. The van der Waals surface area contributed by atoms with Crippen LogP contribution in [0.25, 0.3) is 32.1 Å². The minimum Gasteiger partial charge on any atom is -0.229 e. The van der Waals surface area contributed by atoms with Crippen molar-refractivity contribution in [2.75, 3.05) is 0 Å². The molecule has 3 heterocycles. The molecule has 4 aromatic rings. The minimum atomic E-state index is 0.491. The van der Waals surface area contributed by atoms with E-state index >= 15 is 0 Å². The predicted molar refractivity (Wildman–Crippen MR) is 88.0 cm³/mol. The average molecular weight is 307 g/mol. The monoisotopic (exact) mass is 307 g/mol. The summed E-state index contributed by atoms with van der Waals surface area (Å²) in [6.07, 6.45) is 0. The molecule has 0 fully saturated rings. The van der Waals surface area contributed by atoms with Crippen LogP contribution in [0.2, 0.25) is 0 Å². The van der Waals surface area contributed by atoms with Crippen molar-refractivity contribution in [1.82, 2.24) is 25.1 Å². The smallest absolute Gasteiger partial charge is 0.220 e. The molecule has 22 heavy (non-hydrogen) atoms. The number of hydrogen-bond acceptors (Lipinski definition) is 6. The van der Waals surface area contributed by atoms with Crippen LogP contribution in [-0.4, -0.2) is 25.1 Å².